The van der Waals surface area contributed by atoms with Crippen LogP contribution in [0.3, 0.4) is 0 Å². The Kier molecular flexibility index (Phi) is 5.67. The number of sulfonamides is 1. The Hall–Kier alpha value is -1.44. The van der Waals surface area contributed by atoms with E-state index in [2.05, 4.69) is 0 Å². The van der Waals surface area contributed by atoms with Gasteiger partial charge in [0.15, 0.2) is 0 Å². The van der Waals surface area contributed by atoms with E-state index in [0.717, 1.165) is 0 Å². The third-order valence-electron chi connectivity index (χ3n) is 2.85. The molecule has 0 aliphatic heterocycles. The standard InChI is InChI=1S/C13H20N2O4S/c1-10(2)15(8-9-19-3)13(16)11-4-6-12(7-5-11)20(14,17)18/h4-7,10H,8-9H2,1-3H3,(H2,14,17,18). The summed E-state index contributed by atoms with van der Waals surface area (Å²) in [5, 5.41) is 5.02. The molecule has 0 aliphatic rings. The van der Waals surface area contributed by atoms with Crippen LogP contribution in [-0.2, 0) is 14.8 Å². The van der Waals surface area contributed by atoms with E-state index in [1.807, 2.05) is 13.8 Å². The van der Waals surface area contributed by atoms with E-state index in [0.29, 0.717) is 18.7 Å². The lowest BCUT2D eigenvalue weighted by molar-refractivity contribution is 0.0635. The summed E-state index contributed by atoms with van der Waals surface area (Å²) in [7, 11) is -2.17. The minimum absolute atomic E-state index is 0.0120. The number of nitrogens with zero attached hydrogens (tertiary/aromatic N) is 1. The van der Waals surface area contributed by atoms with Gasteiger partial charge in [0.05, 0.1) is 11.5 Å². The number of hydrogen-bond donors (Lipinski definition) is 1. The van der Waals surface area contributed by atoms with Crippen LogP contribution in [-0.4, -0.2) is 45.5 Å². The summed E-state index contributed by atoms with van der Waals surface area (Å²) >= 11 is 0. The van der Waals surface area contributed by atoms with Crippen molar-refractivity contribution in [1.29, 1.82) is 0 Å². The molecule has 6 nitrogen and oxygen atoms in total. The Balaban J connectivity index is 2.95. The van der Waals surface area contributed by atoms with Gasteiger partial charge in [0, 0.05) is 25.3 Å². The molecule has 1 amide bonds. The molecule has 0 atom stereocenters. The van der Waals surface area contributed by atoms with Crippen molar-refractivity contribution in [2.75, 3.05) is 20.3 Å². The summed E-state index contributed by atoms with van der Waals surface area (Å²) in [6, 6.07) is 5.61. The molecule has 0 heterocycles. The summed E-state index contributed by atoms with van der Waals surface area (Å²) in [6.45, 7) is 4.74. The van der Waals surface area contributed by atoms with Gasteiger partial charge in [-0.2, -0.15) is 0 Å². The molecule has 1 aromatic carbocycles. The number of amides is 1. The monoisotopic (exact) mass is 300 g/mol. The topological polar surface area (TPSA) is 89.7 Å². The quantitative estimate of drug-likeness (QED) is 0.842. The number of carbonyl (C=O) groups is 1. The number of primary sulfonamides is 1. The van der Waals surface area contributed by atoms with Crippen LogP contribution in [0.15, 0.2) is 29.2 Å². The first kappa shape index (κ1) is 16.6. The maximum atomic E-state index is 12.3. The second kappa shape index (κ2) is 6.83. The minimum atomic E-state index is -3.74. The highest BCUT2D eigenvalue weighted by Gasteiger charge is 2.19. The molecular formula is C13H20N2O4S. The number of hydrogen-bond acceptors (Lipinski definition) is 4. The van der Waals surface area contributed by atoms with Crippen LogP contribution in [0.1, 0.15) is 24.2 Å². The Labute approximate surface area is 119 Å². The Bertz CT molecular complexity index is 552. The lowest BCUT2D eigenvalue weighted by atomic mass is 10.1. The highest BCUT2D eigenvalue weighted by molar-refractivity contribution is 7.89. The van der Waals surface area contributed by atoms with Gasteiger partial charge in [0.25, 0.3) is 5.91 Å². The van der Waals surface area contributed by atoms with Crippen molar-refractivity contribution < 1.29 is 17.9 Å². The molecule has 1 aromatic rings. The molecule has 1 rings (SSSR count). The van der Waals surface area contributed by atoms with Crippen LogP contribution in [0.2, 0.25) is 0 Å². The van der Waals surface area contributed by atoms with E-state index in [1.165, 1.54) is 24.3 Å². The molecule has 7 heteroatoms. The molecule has 0 fully saturated rings. The fourth-order valence-corrected chi connectivity index (χ4v) is 2.25. The molecular weight excluding hydrogens is 280 g/mol. The fourth-order valence-electron chi connectivity index (χ4n) is 1.74. The average molecular weight is 300 g/mol. The normalized spacial score (nSPS) is 11.7. The van der Waals surface area contributed by atoms with Gasteiger partial charge >= 0.3 is 0 Å². The number of methoxy groups -OCH3 is 1. The molecule has 0 aromatic heterocycles. The lowest BCUT2D eigenvalue weighted by Crippen LogP contribution is -2.39. The zero-order valence-corrected chi connectivity index (χ0v) is 12.7. The van der Waals surface area contributed by atoms with Crippen LogP contribution >= 0.6 is 0 Å². The Morgan fingerprint density at radius 1 is 1.30 bits per heavy atom. The molecule has 112 valence electrons. The molecule has 0 bridgehead atoms. The Morgan fingerprint density at radius 2 is 1.85 bits per heavy atom. The van der Waals surface area contributed by atoms with Crippen LogP contribution in [0, 0.1) is 0 Å². The maximum Gasteiger partial charge on any atom is 0.254 e. The number of rotatable bonds is 6. The summed E-state index contributed by atoms with van der Waals surface area (Å²) in [5.74, 6) is -0.169. The number of ether oxygens (including phenoxy) is 1. The first-order valence-electron chi connectivity index (χ1n) is 6.20. The molecule has 0 saturated carbocycles. The van der Waals surface area contributed by atoms with Crippen molar-refractivity contribution in [3.8, 4) is 0 Å². The second-order valence-corrected chi connectivity index (χ2v) is 6.22. The van der Waals surface area contributed by atoms with Gasteiger partial charge in [-0.1, -0.05) is 0 Å². The van der Waals surface area contributed by atoms with Crippen molar-refractivity contribution in [2.24, 2.45) is 5.14 Å². The first-order chi connectivity index (χ1) is 9.27. The van der Waals surface area contributed by atoms with Crippen LogP contribution in [0.25, 0.3) is 0 Å². The van der Waals surface area contributed by atoms with Gasteiger partial charge in [-0.3, -0.25) is 4.79 Å². The molecule has 0 spiro atoms. The van der Waals surface area contributed by atoms with E-state index in [1.54, 1.807) is 12.0 Å². The number of benzene rings is 1. The van der Waals surface area contributed by atoms with Crippen molar-refractivity contribution in [2.45, 2.75) is 24.8 Å². The zero-order chi connectivity index (χ0) is 15.3. The molecule has 20 heavy (non-hydrogen) atoms. The van der Waals surface area contributed by atoms with Crippen LogP contribution < -0.4 is 5.14 Å². The van der Waals surface area contributed by atoms with Gasteiger partial charge in [-0.25, -0.2) is 13.6 Å². The largest absolute Gasteiger partial charge is 0.383 e. The highest BCUT2D eigenvalue weighted by atomic mass is 32.2. The maximum absolute atomic E-state index is 12.3. The zero-order valence-electron chi connectivity index (χ0n) is 11.9. The second-order valence-electron chi connectivity index (χ2n) is 4.65. The number of carbonyl (C=O) groups excluding carboxylic acids is 1. The molecule has 0 radical (unpaired) electrons. The van der Waals surface area contributed by atoms with Gasteiger partial charge < -0.3 is 9.64 Å². The summed E-state index contributed by atoms with van der Waals surface area (Å²) in [6.07, 6.45) is 0. The van der Waals surface area contributed by atoms with Gasteiger partial charge in [0.2, 0.25) is 10.0 Å². The lowest BCUT2D eigenvalue weighted by Gasteiger charge is -2.26. The first-order valence-corrected chi connectivity index (χ1v) is 7.74. The minimum Gasteiger partial charge on any atom is -0.383 e. The third kappa shape index (κ3) is 4.29. The van der Waals surface area contributed by atoms with Gasteiger partial charge in [-0.15, -0.1) is 0 Å². The average Bonchev–Trinajstić information content (AvgIpc) is 2.37. The predicted molar refractivity (Wildman–Crippen MR) is 75.9 cm³/mol. The van der Waals surface area contributed by atoms with E-state index in [4.69, 9.17) is 9.88 Å². The predicted octanol–water partition coefficient (Wildman–Crippen LogP) is 0.831. The van der Waals surface area contributed by atoms with Gasteiger partial charge in [-0.05, 0) is 38.1 Å². The van der Waals surface area contributed by atoms with E-state index in [9.17, 15) is 13.2 Å². The number of nitrogens with two attached hydrogens (primary N) is 1. The summed E-state index contributed by atoms with van der Waals surface area (Å²) in [4.78, 5) is 14.0. The summed E-state index contributed by atoms with van der Waals surface area (Å²) in [5.41, 5.74) is 0.419. The van der Waals surface area contributed by atoms with Gasteiger partial charge in [0.1, 0.15) is 0 Å². The van der Waals surface area contributed by atoms with E-state index in [-0.39, 0.29) is 16.8 Å². The summed E-state index contributed by atoms with van der Waals surface area (Å²) < 4.78 is 27.3. The smallest absolute Gasteiger partial charge is 0.254 e. The van der Waals surface area contributed by atoms with Crippen molar-refractivity contribution in [1.82, 2.24) is 4.90 Å². The van der Waals surface area contributed by atoms with Crippen LogP contribution in [0.4, 0.5) is 0 Å². The molecule has 0 unspecified atom stereocenters. The van der Waals surface area contributed by atoms with E-state index >= 15 is 0 Å². The van der Waals surface area contributed by atoms with Crippen molar-refractivity contribution >= 4 is 15.9 Å². The van der Waals surface area contributed by atoms with E-state index < -0.39 is 10.0 Å². The molecule has 0 saturated heterocycles. The highest BCUT2D eigenvalue weighted by Crippen LogP contribution is 2.12. The fraction of sp³-hybridized carbons (Fsp3) is 0.462. The van der Waals surface area contributed by atoms with Crippen molar-refractivity contribution in [3.63, 3.8) is 0 Å². The van der Waals surface area contributed by atoms with Crippen molar-refractivity contribution in [3.05, 3.63) is 29.8 Å². The molecule has 0 aliphatic carbocycles. The third-order valence-corrected chi connectivity index (χ3v) is 3.78. The van der Waals surface area contributed by atoms with Crippen LogP contribution in [0.5, 0.6) is 0 Å². The molecule has 2 N–H and O–H groups in total. The SMILES string of the molecule is COCCN(C(=O)c1ccc(S(N)(=O)=O)cc1)C(C)C. The Morgan fingerprint density at radius 3 is 2.25 bits per heavy atom.